The van der Waals surface area contributed by atoms with Crippen LogP contribution in [0.5, 0.6) is 0 Å². The van der Waals surface area contributed by atoms with Crippen LogP contribution in [0.1, 0.15) is 22.7 Å². The maximum atomic E-state index is 13.6. The number of hydrogen-bond donors (Lipinski definition) is 2. The van der Waals surface area contributed by atoms with Crippen molar-refractivity contribution in [2.75, 3.05) is 0 Å². The molecule has 3 N–H and O–H groups in total. The summed E-state index contributed by atoms with van der Waals surface area (Å²) in [7, 11) is 0. The summed E-state index contributed by atoms with van der Waals surface area (Å²) in [5.41, 5.74) is 4.11. The average Bonchev–Trinajstić information content (AvgIpc) is 2.39. The Balaban J connectivity index is 2.50. The highest BCUT2D eigenvalue weighted by atomic mass is 35.5. The standard InChI is InChI=1S/C14H13ClF2N2/c1-8-5-6-9(7-12(8)17)14(19-18)10-3-2-4-11(16)13(10)15/h2-7,14,19H,18H2,1H3. The third-order valence-corrected chi connectivity index (χ3v) is 3.39. The smallest absolute Gasteiger partial charge is 0.142 e. The lowest BCUT2D eigenvalue weighted by Gasteiger charge is -2.19. The van der Waals surface area contributed by atoms with E-state index in [4.69, 9.17) is 17.4 Å². The number of hydrazine groups is 1. The number of nitrogens with two attached hydrogens (primary N) is 1. The Hall–Kier alpha value is -1.49. The summed E-state index contributed by atoms with van der Waals surface area (Å²) in [6, 6.07) is 8.60. The molecule has 0 bridgehead atoms. The summed E-state index contributed by atoms with van der Waals surface area (Å²) in [6.45, 7) is 1.67. The molecule has 0 spiro atoms. The lowest BCUT2D eigenvalue weighted by molar-refractivity contribution is 0.591. The topological polar surface area (TPSA) is 38.0 Å². The highest BCUT2D eigenvalue weighted by Crippen LogP contribution is 2.30. The maximum Gasteiger partial charge on any atom is 0.142 e. The molecule has 0 saturated heterocycles. The van der Waals surface area contributed by atoms with E-state index in [-0.39, 0.29) is 10.8 Å². The Morgan fingerprint density at radius 3 is 2.53 bits per heavy atom. The third kappa shape index (κ3) is 2.76. The van der Waals surface area contributed by atoms with Gasteiger partial charge < -0.3 is 0 Å². The Labute approximate surface area is 115 Å². The monoisotopic (exact) mass is 282 g/mol. The second-order valence-corrected chi connectivity index (χ2v) is 4.63. The van der Waals surface area contributed by atoms with E-state index < -0.39 is 11.9 Å². The van der Waals surface area contributed by atoms with Crippen LogP contribution in [0.3, 0.4) is 0 Å². The number of rotatable bonds is 3. The molecule has 1 atom stereocenters. The molecule has 2 nitrogen and oxygen atoms in total. The molecule has 0 radical (unpaired) electrons. The fraction of sp³-hybridized carbons (Fsp3) is 0.143. The van der Waals surface area contributed by atoms with Gasteiger partial charge in [0, 0.05) is 0 Å². The summed E-state index contributed by atoms with van der Waals surface area (Å²) < 4.78 is 27.1. The number of halogens is 3. The van der Waals surface area contributed by atoms with Crippen LogP contribution in [0, 0.1) is 18.6 Å². The van der Waals surface area contributed by atoms with Gasteiger partial charge in [0.05, 0.1) is 11.1 Å². The Morgan fingerprint density at radius 1 is 1.16 bits per heavy atom. The molecule has 2 rings (SSSR count). The molecule has 0 fully saturated rings. The molecule has 0 heterocycles. The van der Waals surface area contributed by atoms with Crippen molar-refractivity contribution in [2.24, 2.45) is 5.84 Å². The Morgan fingerprint density at radius 2 is 1.89 bits per heavy atom. The number of benzene rings is 2. The van der Waals surface area contributed by atoms with Gasteiger partial charge in [0.25, 0.3) is 0 Å². The third-order valence-electron chi connectivity index (χ3n) is 2.99. The van der Waals surface area contributed by atoms with Gasteiger partial charge in [-0.15, -0.1) is 0 Å². The van der Waals surface area contributed by atoms with Gasteiger partial charge >= 0.3 is 0 Å². The van der Waals surface area contributed by atoms with Gasteiger partial charge in [0.2, 0.25) is 0 Å². The molecule has 19 heavy (non-hydrogen) atoms. The predicted molar refractivity (Wildman–Crippen MR) is 71.7 cm³/mol. The number of nitrogens with one attached hydrogen (secondary N) is 1. The fourth-order valence-corrected chi connectivity index (χ4v) is 2.13. The van der Waals surface area contributed by atoms with Crippen LogP contribution in [-0.2, 0) is 0 Å². The van der Waals surface area contributed by atoms with E-state index in [9.17, 15) is 8.78 Å². The van der Waals surface area contributed by atoms with Crippen molar-refractivity contribution in [3.05, 3.63) is 69.7 Å². The molecule has 0 aromatic heterocycles. The van der Waals surface area contributed by atoms with Crippen molar-refractivity contribution in [2.45, 2.75) is 13.0 Å². The largest absolute Gasteiger partial charge is 0.271 e. The summed E-state index contributed by atoms with van der Waals surface area (Å²) in [4.78, 5) is 0. The normalized spacial score (nSPS) is 12.5. The Bertz CT molecular complexity index is 602. The van der Waals surface area contributed by atoms with Gasteiger partial charge in [0.1, 0.15) is 11.6 Å². The molecular weight excluding hydrogens is 270 g/mol. The van der Waals surface area contributed by atoms with E-state index in [1.807, 2.05) is 0 Å². The highest BCUT2D eigenvalue weighted by Gasteiger charge is 2.18. The molecule has 5 heteroatoms. The second kappa shape index (κ2) is 5.65. The zero-order valence-electron chi connectivity index (χ0n) is 10.3. The van der Waals surface area contributed by atoms with E-state index in [1.54, 1.807) is 25.1 Å². The first-order chi connectivity index (χ1) is 9.04. The van der Waals surface area contributed by atoms with Crippen LogP contribution in [0.25, 0.3) is 0 Å². The van der Waals surface area contributed by atoms with Crippen molar-refractivity contribution < 1.29 is 8.78 Å². The van der Waals surface area contributed by atoms with Crippen molar-refractivity contribution in [3.8, 4) is 0 Å². The Kier molecular flexibility index (Phi) is 4.14. The van der Waals surface area contributed by atoms with Crippen LogP contribution < -0.4 is 11.3 Å². The zero-order chi connectivity index (χ0) is 14.0. The van der Waals surface area contributed by atoms with E-state index >= 15 is 0 Å². The second-order valence-electron chi connectivity index (χ2n) is 4.25. The average molecular weight is 283 g/mol. The summed E-state index contributed by atoms with van der Waals surface area (Å²) in [5, 5.41) is -0.0218. The number of hydrogen-bond acceptors (Lipinski definition) is 2. The molecule has 0 aliphatic carbocycles. The van der Waals surface area contributed by atoms with Gasteiger partial charge in [-0.25, -0.2) is 14.2 Å². The van der Waals surface area contributed by atoms with Gasteiger partial charge in [-0.2, -0.15) is 0 Å². The van der Waals surface area contributed by atoms with E-state index in [2.05, 4.69) is 5.43 Å². The zero-order valence-corrected chi connectivity index (χ0v) is 11.0. The summed E-state index contributed by atoms with van der Waals surface area (Å²) in [6.07, 6.45) is 0. The van der Waals surface area contributed by atoms with E-state index in [1.165, 1.54) is 18.2 Å². The first-order valence-electron chi connectivity index (χ1n) is 5.70. The molecule has 2 aromatic rings. The highest BCUT2D eigenvalue weighted by molar-refractivity contribution is 6.31. The van der Waals surface area contributed by atoms with Crippen LogP contribution in [-0.4, -0.2) is 0 Å². The lowest BCUT2D eigenvalue weighted by atomic mass is 9.98. The van der Waals surface area contributed by atoms with E-state index in [0.717, 1.165) is 0 Å². The molecule has 0 aliphatic rings. The molecule has 0 saturated carbocycles. The van der Waals surface area contributed by atoms with Gasteiger partial charge in [-0.3, -0.25) is 5.84 Å². The van der Waals surface area contributed by atoms with E-state index in [0.29, 0.717) is 16.7 Å². The molecule has 2 aromatic carbocycles. The van der Waals surface area contributed by atoms with Crippen LogP contribution in [0.15, 0.2) is 36.4 Å². The van der Waals surface area contributed by atoms with Crippen LogP contribution in [0.4, 0.5) is 8.78 Å². The van der Waals surface area contributed by atoms with Crippen molar-refractivity contribution in [1.82, 2.24) is 5.43 Å². The predicted octanol–water partition coefficient (Wildman–Crippen LogP) is 3.48. The minimum Gasteiger partial charge on any atom is -0.271 e. The SMILES string of the molecule is Cc1ccc(C(NN)c2cccc(F)c2Cl)cc1F. The molecule has 0 aliphatic heterocycles. The summed E-state index contributed by atoms with van der Waals surface area (Å²) in [5.74, 6) is 4.61. The van der Waals surface area contributed by atoms with Crippen molar-refractivity contribution in [3.63, 3.8) is 0 Å². The summed E-state index contributed by atoms with van der Waals surface area (Å²) >= 11 is 5.92. The molecule has 100 valence electrons. The van der Waals surface area contributed by atoms with Crippen LogP contribution in [0.2, 0.25) is 5.02 Å². The first kappa shape index (κ1) is 13.9. The molecule has 0 amide bonds. The van der Waals surface area contributed by atoms with Crippen molar-refractivity contribution >= 4 is 11.6 Å². The van der Waals surface area contributed by atoms with Gasteiger partial charge in [0.15, 0.2) is 0 Å². The quantitative estimate of drug-likeness (QED) is 0.668. The van der Waals surface area contributed by atoms with Gasteiger partial charge in [-0.05, 0) is 35.7 Å². The minimum atomic E-state index is -0.571. The lowest BCUT2D eigenvalue weighted by Crippen LogP contribution is -2.29. The minimum absolute atomic E-state index is 0.0218. The maximum absolute atomic E-state index is 13.6. The molecule has 1 unspecified atom stereocenters. The fourth-order valence-electron chi connectivity index (χ4n) is 1.90. The first-order valence-corrected chi connectivity index (χ1v) is 6.08. The number of aryl methyl sites for hydroxylation is 1. The molecular formula is C14H13ClF2N2. The van der Waals surface area contributed by atoms with Crippen LogP contribution >= 0.6 is 11.6 Å². The van der Waals surface area contributed by atoms with Gasteiger partial charge in [-0.1, -0.05) is 35.9 Å². The van der Waals surface area contributed by atoms with Crippen molar-refractivity contribution in [1.29, 1.82) is 0 Å².